The van der Waals surface area contributed by atoms with Crippen molar-refractivity contribution in [3.63, 3.8) is 0 Å². The molecule has 0 spiro atoms. The number of hydrogen-bond acceptors (Lipinski definition) is 3. The molecule has 0 unspecified atom stereocenters. The summed E-state index contributed by atoms with van der Waals surface area (Å²) in [6.07, 6.45) is -1.17. The van der Waals surface area contributed by atoms with Gasteiger partial charge in [-0.1, -0.05) is 24.3 Å². The molecule has 6 nitrogen and oxygen atoms in total. The molecule has 3 heterocycles. The Balaban J connectivity index is 1.53. The van der Waals surface area contributed by atoms with Gasteiger partial charge in [-0.25, -0.2) is 0 Å². The molecule has 2 aliphatic heterocycles. The highest BCUT2D eigenvalue weighted by molar-refractivity contribution is 6.36. The fourth-order valence-corrected chi connectivity index (χ4v) is 5.18. The van der Waals surface area contributed by atoms with Crippen molar-refractivity contribution in [2.75, 3.05) is 18.4 Å². The molecular formula is C28H27F3N4O2. The van der Waals surface area contributed by atoms with Gasteiger partial charge in [0, 0.05) is 48.3 Å². The van der Waals surface area contributed by atoms with Crippen LogP contribution in [0.4, 0.5) is 18.9 Å². The Kier molecular flexibility index (Phi) is 6.19. The van der Waals surface area contributed by atoms with Gasteiger partial charge < -0.3 is 20.5 Å². The highest BCUT2D eigenvalue weighted by Crippen LogP contribution is 2.42. The minimum absolute atomic E-state index is 0.0838. The smallest absolute Gasteiger partial charge is 0.361 e. The second-order valence-corrected chi connectivity index (χ2v) is 9.74. The lowest BCUT2D eigenvalue weighted by atomic mass is 9.93. The fraction of sp³-hybridized carbons (Fsp3) is 0.286. The molecule has 0 radical (unpaired) electrons. The second-order valence-electron chi connectivity index (χ2n) is 9.74. The van der Waals surface area contributed by atoms with Crippen LogP contribution in [0.1, 0.15) is 46.6 Å². The summed E-state index contributed by atoms with van der Waals surface area (Å²) in [6.45, 7) is 7.08. The number of piperazine rings is 1. The Morgan fingerprint density at radius 1 is 1.08 bits per heavy atom. The maximum absolute atomic E-state index is 13.4. The van der Waals surface area contributed by atoms with Crippen molar-refractivity contribution in [1.29, 1.82) is 0 Å². The van der Waals surface area contributed by atoms with E-state index in [0.717, 1.165) is 12.1 Å². The number of amides is 2. The molecule has 0 bridgehead atoms. The van der Waals surface area contributed by atoms with Gasteiger partial charge >= 0.3 is 6.18 Å². The van der Waals surface area contributed by atoms with Gasteiger partial charge in [0.25, 0.3) is 11.8 Å². The molecule has 2 aromatic carbocycles. The first kappa shape index (κ1) is 24.8. The van der Waals surface area contributed by atoms with Crippen LogP contribution in [0.25, 0.3) is 22.8 Å². The lowest BCUT2D eigenvalue weighted by Crippen LogP contribution is -2.55. The van der Waals surface area contributed by atoms with Crippen molar-refractivity contribution >= 4 is 29.2 Å². The Morgan fingerprint density at radius 2 is 1.78 bits per heavy atom. The van der Waals surface area contributed by atoms with E-state index in [2.05, 4.69) is 15.6 Å². The third kappa shape index (κ3) is 4.67. The number of nitrogens with zero attached hydrogens (tertiary/aromatic N) is 1. The summed E-state index contributed by atoms with van der Waals surface area (Å²) in [5.41, 5.74) is 3.30. The number of alkyl halides is 3. The molecule has 1 fully saturated rings. The van der Waals surface area contributed by atoms with Crippen molar-refractivity contribution in [3.8, 4) is 11.1 Å². The molecule has 0 aliphatic carbocycles. The first-order valence-corrected chi connectivity index (χ1v) is 12.1. The number of carbonyl (C=O) groups excluding carboxylic acids is 2. The molecule has 192 valence electrons. The van der Waals surface area contributed by atoms with E-state index in [1.54, 1.807) is 36.5 Å². The quantitative estimate of drug-likeness (QED) is 0.419. The largest absolute Gasteiger partial charge is 0.416 e. The first-order chi connectivity index (χ1) is 17.5. The van der Waals surface area contributed by atoms with Crippen molar-refractivity contribution in [3.05, 3.63) is 76.6 Å². The number of fused-ring (bicyclic) bond motifs is 1. The average molecular weight is 509 g/mol. The third-order valence-electron chi connectivity index (χ3n) is 6.87. The van der Waals surface area contributed by atoms with E-state index < -0.39 is 11.7 Å². The molecule has 3 N–H and O–H groups in total. The molecule has 2 amide bonds. The lowest BCUT2D eigenvalue weighted by molar-refractivity contribution is -0.137. The van der Waals surface area contributed by atoms with Crippen LogP contribution < -0.4 is 10.6 Å². The van der Waals surface area contributed by atoms with Crippen LogP contribution in [-0.4, -0.2) is 46.9 Å². The average Bonchev–Trinajstić information content (AvgIpc) is 3.36. The van der Waals surface area contributed by atoms with Crippen LogP contribution in [0.2, 0.25) is 0 Å². The number of H-pyrrole nitrogens is 1. The van der Waals surface area contributed by atoms with E-state index in [-0.39, 0.29) is 23.9 Å². The van der Waals surface area contributed by atoms with Crippen LogP contribution in [0.15, 0.2) is 48.7 Å². The summed E-state index contributed by atoms with van der Waals surface area (Å²) in [7, 11) is 0. The van der Waals surface area contributed by atoms with Crippen molar-refractivity contribution in [2.45, 2.75) is 39.0 Å². The molecule has 9 heteroatoms. The minimum atomic E-state index is -4.48. The van der Waals surface area contributed by atoms with Gasteiger partial charge in [0.15, 0.2) is 0 Å². The number of hydrogen-bond donors (Lipinski definition) is 3. The summed E-state index contributed by atoms with van der Waals surface area (Å²) in [4.78, 5) is 31.2. The summed E-state index contributed by atoms with van der Waals surface area (Å²) in [5, 5.41) is 6.22. The van der Waals surface area contributed by atoms with Crippen LogP contribution in [0.3, 0.4) is 0 Å². The number of rotatable bonds is 3. The number of anilines is 1. The van der Waals surface area contributed by atoms with Gasteiger partial charge in [-0.15, -0.1) is 0 Å². The molecule has 1 aromatic heterocycles. The zero-order valence-corrected chi connectivity index (χ0v) is 20.7. The van der Waals surface area contributed by atoms with E-state index in [9.17, 15) is 22.8 Å². The summed E-state index contributed by atoms with van der Waals surface area (Å²) >= 11 is 0. The first-order valence-electron chi connectivity index (χ1n) is 12.1. The number of nitrogens with one attached hydrogen (secondary N) is 3. The lowest BCUT2D eigenvalue weighted by Gasteiger charge is -2.36. The van der Waals surface area contributed by atoms with E-state index in [1.165, 1.54) is 6.07 Å². The zero-order valence-electron chi connectivity index (χ0n) is 20.7. The Bertz CT molecular complexity index is 1410. The maximum Gasteiger partial charge on any atom is 0.416 e. The van der Waals surface area contributed by atoms with Gasteiger partial charge in [-0.3, -0.25) is 9.59 Å². The Labute approximate surface area is 212 Å². The highest BCUT2D eigenvalue weighted by atomic mass is 19.4. The number of carbonyl (C=O) groups is 2. The second kappa shape index (κ2) is 9.23. The summed E-state index contributed by atoms with van der Waals surface area (Å²) < 4.78 is 40.1. The summed E-state index contributed by atoms with van der Waals surface area (Å²) in [6, 6.07) is 10.5. The Morgan fingerprint density at radius 3 is 2.49 bits per heavy atom. The minimum Gasteiger partial charge on any atom is -0.361 e. The normalized spacial score (nSPS) is 20.8. The number of aromatic nitrogens is 1. The Hall–Kier alpha value is -3.85. The van der Waals surface area contributed by atoms with Crippen LogP contribution >= 0.6 is 0 Å². The monoisotopic (exact) mass is 508 g/mol. The molecular weight excluding hydrogens is 481 g/mol. The van der Waals surface area contributed by atoms with E-state index in [0.29, 0.717) is 57.9 Å². The SMILES string of the molecule is Cc1c(C(=O)N2C[C@@H](C)N[C@@H](C)C2)c[nH]c1C=C1C(=O)Nc2cccc(-c3cccc(C(F)(F)F)c3)c21. The maximum atomic E-state index is 13.4. The predicted molar refractivity (Wildman–Crippen MR) is 137 cm³/mol. The molecule has 2 atom stereocenters. The van der Waals surface area contributed by atoms with Gasteiger partial charge in [0.1, 0.15) is 0 Å². The highest BCUT2D eigenvalue weighted by Gasteiger charge is 2.32. The van der Waals surface area contributed by atoms with Crippen LogP contribution in [-0.2, 0) is 11.0 Å². The number of aromatic amines is 1. The van der Waals surface area contributed by atoms with E-state index in [4.69, 9.17) is 0 Å². The van der Waals surface area contributed by atoms with E-state index in [1.807, 2.05) is 25.7 Å². The van der Waals surface area contributed by atoms with E-state index >= 15 is 0 Å². The van der Waals surface area contributed by atoms with Crippen molar-refractivity contribution < 1.29 is 22.8 Å². The standard InChI is InChI=1S/C28H27F3N4O2/c1-15-13-35(14-16(2)33-15)27(37)22-12-32-24(17(22)3)11-21-25-20(8-5-9-23(25)34-26(21)36)18-6-4-7-19(10-18)28(29,30)31/h4-12,15-16,32-33H,13-14H2,1-3H3,(H,34,36)/t15-,16+. The molecule has 0 saturated carbocycles. The fourth-order valence-electron chi connectivity index (χ4n) is 5.18. The molecule has 3 aromatic rings. The predicted octanol–water partition coefficient (Wildman–Crippen LogP) is 5.32. The van der Waals surface area contributed by atoms with Gasteiger partial charge in [-0.05, 0) is 61.7 Å². The number of benzene rings is 2. The van der Waals surface area contributed by atoms with Crippen LogP contribution in [0, 0.1) is 6.92 Å². The number of halogens is 3. The topological polar surface area (TPSA) is 77.2 Å². The van der Waals surface area contributed by atoms with Crippen LogP contribution in [0.5, 0.6) is 0 Å². The van der Waals surface area contributed by atoms with Crippen molar-refractivity contribution in [1.82, 2.24) is 15.2 Å². The molecule has 1 saturated heterocycles. The van der Waals surface area contributed by atoms with Crippen molar-refractivity contribution in [2.24, 2.45) is 0 Å². The zero-order chi connectivity index (χ0) is 26.5. The molecule has 2 aliphatic rings. The molecule has 37 heavy (non-hydrogen) atoms. The third-order valence-corrected chi connectivity index (χ3v) is 6.87. The van der Waals surface area contributed by atoms with Gasteiger partial charge in [-0.2, -0.15) is 13.2 Å². The summed E-state index contributed by atoms with van der Waals surface area (Å²) in [5.74, 6) is -0.444. The molecule has 5 rings (SSSR count). The van der Waals surface area contributed by atoms with Gasteiger partial charge in [0.05, 0.1) is 16.7 Å². The van der Waals surface area contributed by atoms with Gasteiger partial charge in [0.2, 0.25) is 0 Å².